The number of carbonyl (C=O) groups excluding carboxylic acids is 1. The molecule has 25 heavy (non-hydrogen) atoms. The van der Waals surface area contributed by atoms with Crippen LogP contribution in [0.5, 0.6) is 0 Å². The fraction of sp³-hybridized carbons (Fsp3) is 0.526. The van der Waals surface area contributed by atoms with Gasteiger partial charge >= 0.3 is 0 Å². The number of amides is 1. The molecule has 1 N–H and O–H groups in total. The zero-order valence-corrected chi connectivity index (χ0v) is 15.0. The molecule has 2 aliphatic rings. The van der Waals surface area contributed by atoms with E-state index in [4.69, 9.17) is 0 Å². The minimum Gasteiger partial charge on any atom is -0.317 e. The van der Waals surface area contributed by atoms with E-state index in [0.29, 0.717) is 11.7 Å². The summed E-state index contributed by atoms with van der Waals surface area (Å²) in [5, 5.41) is 11.8. The van der Waals surface area contributed by atoms with Crippen LogP contribution in [-0.2, 0) is 6.42 Å². The fourth-order valence-electron chi connectivity index (χ4n) is 4.05. The predicted octanol–water partition coefficient (Wildman–Crippen LogP) is 2.41. The van der Waals surface area contributed by atoms with Crippen LogP contribution in [0.1, 0.15) is 52.5 Å². The van der Waals surface area contributed by atoms with E-state index in [1.165, 1.54) is 16.7 Å². The average Bonchev–Trinajstić information content (AvgIpc) is 3.11. The van der Waals surface area contributed by atoms with E-state index in [9.17, 15) is 4.79 Å². The zero-order valence-electron chi connectivity index (χ0n) is 15.0. The lowest BCUT2D eigenvalue weighted by molar-refractivity contribution is 0.0980. The Morgan fingerprint density at radius 3 is 2.84 bits per heavy atom. The maximum Gasteiger partial charge on any atom is 0.280 e. The van der Waals surface area contributed by atoms with Crippen molar-refractivity contribution in [1.82, 2.24) is 20.3 Å². The molecule has 1 aromatic heterocycles. The SMILES string of the molecule is Cc1cc(C)c2c(c1)N(C(=O)c1cn(C3CCNCC3)nn1)CCC2. The lowest BCUT2D eigenvalue weighted by Gasteiger charge is -2.30. The van der Waals surface area contributed by atoms with Crippen molar-refractivity contribution in [2.75, 3.05) is 24.5 Å². The van der Waals surface area contributed by atoms with Crippen molar-refractivity contribution in [3.8, 4) is 0 Å². The minimum atomic E-state index is -0.0360. The molecule has 1 saturated heterocycles. The Balaban J connectivity index is 1.61. The Labute approximate surface area is 148 Å². The number of benzene rings is 1. The molecule has 1 fully saturated rings. The predicted molar refractivity (Wildman–Crippen MR) is 97.1 cm³/mol. The summed E-state index contributed by atoms with van der Waals surface area (Å²) in [6.07, 6.45) is 5.91. The summed E-state index contributed by atoms with van der Waals surface area (Å²) in [6, 6.07) is 4.66. The lowest BCUT2D eigenvalue weighted by atomic mass is 9.95. The quantitative estimate of drug-likeness (QED) is 0.913. The maximum absolute atomic E-state index is 13.1. The minimum absolute atomic E-state index is 0.0360. The number of nitrogens with zero attached hydrogens (tertiary/aromatic N) is 4. The molecule has 1 amide bonds. The Kier molecular flexibility index (Phi) is 4.29. The maximum atomic E-state index is 13.1. The first-order chi connectivity index (χ1) is 12.1. The molecule has 0 aliphatic carbocycles. The molecule has 4 rings (SSSR count). The van der Waals surface area contributed by atoms with Crippen LogP contribution < -0.4 is 10.2 Å². The molecular weight excluding hydrogens is 314 g/mol. The first-order valence-electron chi connectivity index (χ1n) is 9.18. The first kappa shape index (κ1) is 16.3. The van der Waals surface area contributed by atoms with E-state index in [1.54, 1.807) is 0 Å². The molecule has 3 heterocycles. The zero-order chi connectivity index (χ0) is 17.4. The second-order valence-corrected chi connectivity index (χ2v) is 7.20. The first-order valence-corrected chi connectivity index (χ1v) is 9.18. The number of carbonyl (C=O) groups is 1. The average molecular weight is 339 g/mol. The number of hydrogen-bond acceptors (Lipinski definition) is 4. The van der Waals surface area contributed by atoms with Crippen molar-refractivity contribution in [1.29, 1.82) is 0 Å². The van der Waals surface area contributed by atoms with Gasteiger partial charge in [-0.3, -0.25) is 4.79 Å². The molecule has 0 saturated carbocycles. The molecule has 1 aromatic carbocycles. The molecular formula is C19H25N5O. The highest BCUT2D eigenvalue weighted by Crippen LogP contribution is 2.32. The number of aromatic nitrogens is 3. The summed E-state index contributed by atoms with van der Waals surface area (Å²) in [4.78, 5) is 15.0. The Morgan fingerprint density at radius 1 is 1.24 bits per heavy atom. The third-order valence-electron chi connectivity index (χ3n) is 5.35. The highest BCUT2D eigenvalue weighted by molar-refractivity contribution is 6.05. The topological polar surface area (TPSA) is 63.1 Å². The largest absolute Gasteiger partial charge is 0.317 e. The van der Waals surface area contributed by atoms with Crippen molar-refractivity contribution in [2.45, 2.75) is 45.6 Å². The van der Waals surface area contributed by atoms with E-state index in [2.05, 4.69) is 41.6 Å². The van der Waals surface area contributed by atoms with Crippen molar-refractivity contribution < 1.29 is 4.79 Å². The molecule has 0 unspecified atom stereocenters. The molecule has 0 atom stereocenters. The second-order valence-electron chi connectivity index (χ2n) is 7.20. The summed E-state index contributed by atoms with van der Waals surface area (Å²) in [7, 11) is 0. The van der Waals surface area contributed by atoms with Crippen LogP contribution in [0, 0.1) is 13.8 Å². The van der Waals surface area contributed by atoms with Gasteiger partial charge in [0.25, 0.3) is 5.91 Å². The number of anilines is 1. The number of hydrogen-bond donors (Lipinski definition) is 1. The van der Waals surface area contributed by atoms with Gasteiger partial charge in [0.05, 0.1) is 12.2 Å². The van der Waals surface area contributed by atoms with Crippen LogP contribution in [0.15, 0.2) is 18.3 Å². The number of aryl methyl sites for hydroxylation is 2. The van der Waals surface area contributed by atoms with Crippen LogP contribution in [0.3, 0.4) is 0 Å². The van der Waals surface area contributed by atoms with Gasteiger partial charge in [0.2, 0.25) is 0 Å². The number of rotatable bonds is 2. The van der Waals surface area contributed by atoms with Gasteiger partial charge in [-0.2, -0.15) is 0 Å². The normalized spacial score (nSPS) is 18.2. The van der Waals surface area contributed by atoms with Gasteiger partial charge in [-0.05, 0) is 75.4 Å². The van der Waals surface area contributed by atoms with Crippen LogP contribution in [0.2, 0.25) is 0 Å². The summed E-state index contributed by atoms with van der Waals surface area (Å²) < 4.78 is 1.88. The van der Waals surface area contributed by atoms with Gasteiger partial charge in [-0.15, -0.1) is 5.10 Å². The van der Waals surface area contributed by atoms with Crippen molar-refractivity contribution in [2.24, 2.45) is 0 Å². The van der Waals surface area contributed by atoms with E-state index >= 15 is 0 Å². The van der Waals surface area contributed by atoms with Gasteiger partial charge in [0, 0.05) is 12.2 Å². The van der Waals surface area contributed by atoms with Gasteiger partial charge < -0.3 is 10.2 Å². The molecule has 6 heteroatoms. The van der Waals surface area contributed by atoms with Gasteiger partial charge in [-0.1, -0.05) is 11.3 Å². The highest BCUT2D eigenvalue weighted by atomic mass is 16.2. The van der Waals surface area contributed by atoms with E-state index in [-0.39, 0.29) is 5.91 Å². The van der Waals surface area contributed by atoms with Crippen molar-refractivity contribution in [3.63, 3.8) is 0 Å². The molecule has 132 valence electrons. The molecule has 0 spiro atoms. The van der Waals surface area contributed by atoms with Gasteiger partial charge in [0.15, 0.2) is 5.69 Å². The third-order valence-corrected chi connectivity index (χ3v) is 5.35. The third kappa shape index (κ3) is 3.06. The molecule has 0 radical (unpaired) electrons. The summed E-state index contributed by atoms with van der Waals surface area (Å²) in [6.45, 7) is 6.94. The Bertz CT molecular complexity index is 791. The summed E-state index contributed by atoms with van der Waals surface area (Å²) >= 11 is 0. The van der Waals surface area contributed by atoms with E-state index in [0.717, 1.165) is 51.0 Å². The van der Waals surface area contributed by atoms with Crippen molar-refractivity contribution in [3.05, 3.63) is 40.7 Å². The van der Waals surface area contributed by atoms with Crippen LogP contribution >= 0.6 is 0 Å². The number of nitrogens with one attached hydrogen (secondary N) is 1. The highest BCUT2D eigenvalue weighted by Gasteiger charge is 2.27. The Morgan fingerprint density at radius 2 is 2.04 bits per heavy atom. The number of piperidine rings is 1. The monoisotopic (exact) mass is 339 g/mol. The molecule has 2 aliphatic heterocycles. The van der Waals surface area contributed by atoms with Crippen LogP contribution in [0.4, 0.5) is 5.69 Å². The molecule has 2 aromatic rings. The van der Waals surface area contributed by atoms with E-state index in [1.807, 2.05) is 15.8 Å². The lowest BCUT2D eigenvalue weighted by Crippen LogP contribution is -2.36. The van der Waals surface area contributed by atoms with Gasteiger partial charge in [0.1, 0.15) is 0 Å². The van der Waals surface area contributed by atoms with E-state index < -0.39 is 0 Å². The molecule has 6 nitrogen and oxygen atoms in total. The standard InChI is InChI=1S/C19H25N5O/c1-13-10-14(2)16-4-3-9-23(18(16)11-13)19(25)17-12-24(22-21-17)15-5-7-20-8-6-15/h10-12,15,20H,3-9H2,1-2H3. The smallest absolute Gasteiger partial charge is 0.280 e. The van der Waals surface area contributed by atoms with Crippen molar-refractivity contribution >= 4 is 11.6 Å². The fourth-order valence-corrected chi connectivity index (χ4v) is 4.05. The Hall–Kier alpha value is -2.21. The summed E-state index contributed by atoms with van der Waals surface area (Å²) in [5.41, 5.74) is 5.24. The van der Waals surface area contributed by atoms with Crippen LogP contribution in [0.25, 0.3) is 0 Å². The second kappa shape index (κ2) is 6.59. The summed E-state index contributed by atoms with van der Waals surface area (Å²) in [5.74, 6) is -0.0360. The van der Waals surface area contributed by atoms with Gasteiger partial charge in [-0.25, -0.2) is 4.68 Å². The number of fused-ring (bicyclic) bond motifs is 1. The molecule has 0 bridgehead atoms. The van der Waals surface area contributed by atoms with Crippen LogP contribution in [-0.4, -0.2) is 40.5 Å².